The highest BCUT2D eigenvalue weighted by atomic mass is 16.4. The van der Waals surface area contributed by atoms with Crippen molar-refractivity contribution in [2.75, 3.05) is 0 Å². The molecule has 3 atom stereocenters. The van der Waals surface area contributed by atoms with Gasteiger partial charge in [-0.2, -0.15) is 0 Å². The number of nitrogens with zero attached hydrogens (tertiary/aromatic N) is 2. The fourth-order valence-corrected chi connectivity index (χ4v) is 1.04. The lowest BCUT2D eigenvalue weighted by atomic mass is 10.2. The Labute approximate surface area is 91.8 Å². The van der Waals surface area contributed by atoms with Crippen LogP contribution in [-0.2, 0) is 4.79 Å². The van der Waals surface area contributed by atoms with Crippen LogP contribution in [0.5, 0.6) is 0 Å². The van der Waals surface area contributed by atoms with Crippen LogP contribution < -0.4 is 17.2 Å². The number of aliphatic hydroxyl groups is 1. The highest BCUT2D eigenvalue weighted by molar-refractivity contribution is 5.74. The molecule has 1 aromatic heterocycles. The number of carbonyl (C=O) groups is 1. The van der Waals surface area contributed by atoms with Crippen LogP contribution in [0.4, 0.5) is 0 Å². The third kappa shape index (κ3) is 2.99. The number of hydrogen-bond donors (Lipinski definition) is 4. The molecule has 7 N–H and O–H groups in total. The molecule has 90 valence electrons. The first-order chi connectivity index (χ1) is 7.41. The fourth-order valence-electron chi connectivity index (χ4n) is 1.04. The summed E-state index contributed by atoms with van der Waals surface area (Å²) in [5, 5.41) is 16.5. The summed E-state index contributed by atoms with van der Waals surface area (Å²) in [6, 6.07) is -1.53. The number of nitrogens with two attached hydrogens (primary N) is 3. The van der Waals surface area contributed by atoms with Gasteiger partial charge in [0.1, 0.15) is 6.04 Å². The Morgan fingerprint density at radius 1 is 1.44 bits per heavy atom. The van der Waals surface area contributed by atoms with E-state index in [4.69, 9.17) is 21.6 Å². The zero-order chi connectivity index (χ0) is 12.3. The molecular weight excluding hydrogens is 214 g/mol. The first-order valence-electron chi connectivity index (χ1n) is 4.72. The van der Waals surface area contributed by atoms with Gasteiger partial charge in [0.25, 0.3) is 0 Å². The van der Waals surface area contributed by atoms with Gasteiger partial charge in [0, 0.05) is 0 Å². The zero-order valence-electron chi connectivity index (χ0n) is 8.83. The second kappa shape index (κ2) is 5.01. The van der Waals surface area contributed by atoms with Gasteiger partial charge in [-0.05, 0) is 6.92 Å². The summed E-state index contributed by atoms with van der Waals surface area (Å²) in [5.41, 5.74) is 16.1. The van der Waals surface area contributed by atoms with Crippen LogP contribution in [0, 0.1) is 0 Å². The van der Waals surface area contributed by atoms with Gasteiger partial charge < -0.3 is 26.7 Å². The summed E-state index contributed by atoms with van der Waals surface area (Å²) in [5.74, 6) is -0.415. The molecule has 0 aliphatic rings. The van der Waals surface area contributed by atoms with Crippen molar-refractivity contribution < 1.29 is 14.3 Å². The Balaban J connectivity index is 2.74. The lowest BCUT2D eigenvalue weighted by Crippen LogP contribution is -2.23. The molecular formula is C8H15N5O3. The number of aliphatic hydroxyl groups excluding tert-OH is 1. The quantitative estimate of drug-likeness (QED) is 0.470. The van der Waals surface area contributed by atoms with E-state index in [2.05, 4.69) is 10.2 Å². The topological polar surface area (TPSA) is 154 Å². The fraction of sp³-hybridized carbons (Fsp3) is 0.625. The minimum atomic E-state index is -0.819. The van der Waals surface area contributed by atoms with E-state index in [1.165, 1.54) is 6.92 Å². The average molecular weight is 229 g/mol. The number of hydrogen-bond acceptors (Lipinski definition) is 7. The number of aromatic nitrogens is 2. The van der Waals surface area contributed by atoms with Gasteiger partial charge in [0.15, 0.2) is 0 Å². The molecule has 0 aliphatic heterocycles. The van der Waals surface area contributed by atoms with Crippen molar-refractivity contribution in [2.24, 2.45) is 17.2 Å². The Kier molecular flexibility index (Phi) is 3.93. The van der Waals surface area contributed by atoms with Crippen molar-refractivity contribution in [3.05, 3.63) is 11.8 Å². The molecule has 1 rings (SSSR count). The van der Waals surface area contributed by atoms with Gasteiger partial charge in [0.2, 0.25) is 17.7 Å². The van der Waals surface area contributed by atoms with Crippen LogP contribution in [0.2, 0.25) is 0 Å². The van der Waals surface area contributed by atoms with Crippen LogP contribution in [0.15, 0.2) is 4.42 Å². The van der Waals surface area contributed by atoms with Crippen molar-refractivity contribution >= 4 is 5.91 Å². The summed E-state index contributed by atoms with van der Waals surface area (Å²) in [6.45, 7) is 1.50. The summed E-state index contributed by atoms with van der Waals surface area (Å²) in [4.78, 5) is 10.6. The van der Waals surface area contributed by atoms with Crippen molar-refractivity contribution in [1.82, 2.24) is 10.2 Å². The standard InChI is InChI=1S/C8H15N5O3/c1-3(14)6(11)8-13-12-7(16-8)4(9)2-5(10)15/h3-4,6,14H,2,9,11H2,1H3,(H2,10,15)/t3-,4-,6?/m1/s1. The Hall–Kier alpha value is -1.51. The van der Waals surface area contributed by atoms with Crippen LogP contribution in [0.1, 0.15) is 37.2 Å². The zero-order valence-corrected chi connectivity index (χ0v) is 8.83. The molecule has 0 spiro atoms. The van der Waals surface area contributed by atoms with Crippen LogP contribution >= 0.6 is 0 Å². The molecule has 0 aliphatic carbocycles. The van der Waals surface area contributed by atoms with Crippen molar-refractivity contribution in [3.8, 4) is 0 Å². The van der Waals surface area contributed by atoms with Crippen LogP contribution in [0.3, 0.4) is 0 Å². The third-order valence-corrected chi connectivity index (χ3v) is 2.00. The summed E-state index contributed by atoms with van der Waals surface area (Å²) >= 11 is 0. The summed E-state index contributed by atoms with van der Waals surface area (Å²) in [6.07, 6.45) is -0.911. The SMILES string of the molecule is C[C@@H](O)C(N)c1nnc([C@H](N)CC(N)=O)o1. The molecule has 0 aromatic carbocycles. The molecule has 0 radical (unpaired) electrons. The van der Waals surface area contributed by atoms with Gasteiger partial charge in [0.05, 0.1) is 18.6 Å². The molecule has 1 amide bonds. The molecule has 1 aromatic rings. The lowest BCUT2D eigenvalue weighted by Gasteiger charge is -2.09. The smallest absolute Gasteiger partial charge is 0.235 e. The highest BCUT2D eigenvalue weighted by Crippen LogP contribution is 2.17. The Morgan fingerprint density at radius 3 is 2.50 bits per heavy atom. The Bertz CT molecular complexity index is 364. The normalized spacial score (nSPS) is 16.8. The molecule has 1 heterocycles. The number of primary amides is 1. The van der Waals surface area contributed by atoms with Crippen LogP contribution in [-0.4, -0.2) is 27.3 Å². The monoisotopic (exact) mass is 229 g/mol. The maximum atomic E-state index is 10.6. The average Bonchev–Trinajstić information content (AvgIpc) is 2.63. The predicted octanol–water partition coefficient (Wildman–Crippen LogP) is -1.67. The molecule has 8 heteroatoms. The summed E-state index contributed by atoms with van der Waals surface area (Å²) in [7, 11) is 0. The van der Waals surface area contributed by atoms with Gasteiger partial charge in [-0.25, -0.2) is 0 Å². The molecule has 0 fully saturated rings. The first-order valence-corrected chi connectivity index (χ1v) is 4.72. The van der Waals surface area contributed by atoms with Gasteiger partial charge in [-0.15, -0.1) is 10.2 Å². The van der Waals surface area contributed by atoms with E-state index in [9.17, 15) is 9.90 Å². The van der Waals surface area contributed by atoms with E-state index in [0.29, 0.717) is 0 Å². The van der Waals surface area contributed by atoms with Crippen molar-refractivity contribution in [3.63, 3.8) is 0 Å². The molecule has 0 saturated carbocycles. The second-order valence-corrected chi connectivity index (χ2v) is 3.52. The van der Waals surface area contributed by atoms with E-state index in [1.54, 1.807) is 0 Å². The van der Waals surface area contributed by atoms with Gasteiger partial charge >= 0.3 is 0 Å². The minimum Gasteiger partial charge on any atom is -0.422 e. The minimum absolute atomic E-state index is 0.0740. The third-order valence-electron chi connectivity index (χ3n) is 2.00. The van der Waals surface area contributed by atoms with Crippen molar-refractivity contribution in [2.45, 2.75) is 31.5 Å². The van der Waals surface area contributed by atoms with E-state index in [0.717, 1.165) is 0 Å². The Morgan fingerprint density at radius 2 is 2.00 bits per heavy atom. The van der Waals surface area contributed by atoms with E-state index < -0.39 is 24.1 Å². The molecule has 0 saturated heterocycles. The molecule has 0 bridgehead atoms. The molecule has 16 heavy (non-hydrogen) atoms. The van der Waals surface area contributed by atoms with E-state index in [1.807, 2.05) is 0 Å². The second-order valence-electron chi connectivity index (χ2n) is 3.52. The predicted molar refractivity (Wildman–Crippen MR) is 53.6 cm³/mol. The van der Waals surface area contributed by atoms with Gasteiger partial charge in [-0.1, -0.05) is 0 Å². The molecule has 1 unspecified atom stereocenters. The van der Waals surface area contributed by atoms with Crippen molar-refractivity contribution in [1.29, 1.82) is 0 Å². The van der Waals surface area contributed by atoms with E-state index in [-0.39, 0.29) is 18.2 Å². The lowest BCUT2D eigenvalue weighted by molar-refractivity contribution is -0.118. The van der Waals surface area contributed by atoms with E-state index >= 15 is 0 Å². The maximum absolute atomic E-state index is 10.6. The highest BCUT2D eigenvalue weighted by Gasteiger charge is 2.22. The molecule has 8 nitrogen and oxygen atoms in total. The summed E-state index contributed by atoms with van der Waals surface area (Å²) < 4.78 is 5.13. The largest absolute Gasteiger partial charge is 0.422 e. The number of carbonyl (C=O) groups excluding carboxylic acids is 1. The first kappa shape index (κ1) is 12.6. The van der Waals surface area contributed by atoms with Gasteiger partial charge in [-0.3, -0.25) is 4.79 Å². The maximum Gasteiger partial charge on any atom is 0.235 e. The number of amides is 1. The number of rotatable bonds is 5. The van der Waals surface area contributed by atoms with Crippen LogP contribution in [0.25, 0.3) is 0 Å².